The van der Waals surface area contributed by atoms with E-state index in [0.29, 0.717) is 17.9 Å². The lowest BCUT2D eigenvalue weighted by Crippen LogP contribution is -2.35. The number of nitrogens with zero attached hydrogens (tertiary/aromatic N) is 1. The lowest BCUT2D eigenvalue weighted by atomic mass is 9.80. The summed E-state index contributed by atoms with van der Waals surface area (Å²) in [6.45, 7) is -0.325. The Morgan fingerprint density at radius 3 is 2.62 bits per heavy atom. The Morgan fingerprint density at radius 1 is 1.25 bits per heavy atom. The average Bonchev–Trinajstić information content (AvgIpc) is 2.59. The van der Waals surface area contributed by atoms with E-state index in [1.165, 1.54) is 0 Å². The molecule has 0 saturated carbocycles. The molecule has 2 aromatic carbocycles. The molecular formula is C18H17NO5. The van der Waals surface area contributed by atoms with Crippen LogP contribution in [0, 0.1) is 16.0 Å². The van der Waals surface area contributed by atoms with Gasteiger partial charge in [0, 0.05) is 4.92 Å². The van der Waals surface area contributed by atoms with Gasteiger partial charge in [-0.1, -0.05) is 30.3 Å². The topological polar surface area (TPSA) is 78.7 Å². The molecule has 0 amide bonds. The Bertz CT molecular complexity index is 756. The number of esters is 1. The van der Waals surface area contributed by atoms with Gasteiger partial charge in [0.05, 0.1) is 18.9 Å². The Hall–Kier alpha value is -2.89. The van der Waals surface area contributed by atoms with Gasteiger partial charge in [-0.05, 0) is 35.7 Å². The van der Waals surface area contributed by atoms with Crippen molar-refractivity contribution in [3.05, 3.63) is 69.8 Å². The molecule has 6 nitrogen and oxygen atoms in total. The van der Waals surface area contributed by atoms with Gasteiger partial charge in [0.2, 0.25) is 6.54 Å². The van der Waals surface area contributed by atoms with E-state index in [-0.39, 0.29) is 11.5 Å². The molecule has 0 aliphatic carbocycles. The van der Waals surface area contributed by atoms with Crippen LogP contribution in [0.5, 0.6) is 11.5 Å². The highest BCUT2D eigenvalue weighted by Crippen LogP contribution is 2.36. The quantitative estimate of drug-likeness (QED) is 0.365. The van der Waals surface area contributed by atoms with Crippen LogP contribution in [0.4, 0.5) is 0 Å². The maximum absolute atomic E-state index is 12.4. The molecule has 1 aliphatic rings. The first kappa shape index (κ1) is 16.0. The highest BCUT2D eigenvalue weighted by molar-refractivity contribution is 5.79. The summed E-state index contributed by atoms with van der Waals surface area (Å²) in [5.74, 6) is -0.356. The molecule has 2 atom stereocenters. The second-order valence-corrected chi connectivity index (χ2v) is 5.73. The van der Waals surface area contributed by atoms with Crippen LogP contribution in [0.3, 0.4) is 0 Å². The van der Waals surface area contributed by atoms with Gasteiger partial charge in [0.1, 0.15) is 11.5 Å². The summed E-state index contributed by atoms with van der Waals surface area (Å²) in [6.07, 6.45) is 0.430. The fourth-order valence-electron chi connectivity index (χ4n) is 3.06. The Morgan fingerprint density at radius 2 is 1.96 bits per heavy atom. The maximum Gasteiger partial charge on any atom is 0.315 e. The SMILES string of the molecule is COc1ccc([C@@H](C[N+](=O)[O-])[C@H]2Cc3ccccc3OC2=O)cc1. The average molecular weight is 327 g/mol. The van der Waals surface area contributed by atoms with E-state index in [9.17, 15) is 14.9 Å². The fraction of sp³-hybridized carbons (Fsp3) is 0.278. The predicted molar refractivity (Wildman–Crippen MR) is 86.9 cm³/mol. The van der Waals surface area contributed by atoms with Gasteiger partial charge in [-0.25, -0.2) is 0 Å². The third-order valence-corrected chi connectivity index (χ3v) is 4.30. The summed E-state index contributed by atoms with van der Waals surface area (Å²) < 4.78 is 10.5. The first-order valence-corrected chi connectivity index (χ1v) is 7.64. The van der Waals surface area contributed by atoms with Crippen molar-refractivity contribution in [1.82, 2.24) is 0 Å². The molecule has 3 rings (SSSR count). The van der Waals surface area contributed by atoms with Crippen molar-refractivity contribution in [3.63, 3.8) is 0 Å². The van der Waals surface area contributed by atoms with Gasteiger partial charge in [-0.15, -0.1) is 0 Å². The van der Waals surface area contributed by atoms with Crippen LogP contribution in [0.1, 0.15) is 17.0 Å². The van der Waals surface area contributed by atoms with E-state index < -0.39 is 17.8 Å². The molecule has 0 unspecified atom stereocenters. The Labute approximate surface area is 139 Å². The number of para-hydroxylation sites is 1. The summed E-state index contributed by atoms with van der Waals surface area (Å²) in [6, 6.07) is 14.3. The van der Waals surface area contributed by atoms with Gasteiger partial charge in [-0.2, -0.15) is 0 Å². The zero-order valence-electron chi connectivity index (χ0n) is 13.2. The number of rotatable bonds is 5. The standard InChI is InChI=1S/C18H17NO5/c1-23-14-8-6-12(7-9-14)16(11-19(21)22)15-10-13-4-2-3-5-17(13)24-18(15)20/h2-9,15-16H,10-11H2,1H3/t15-,16-/m1/s1. The number of ether oxygens (including phenoxy) is 2. The largest absolute Gasteiger partial charge is 0.497 e. The minimum atomic E-state index is -0.585. The highest BCUT2D eigenvalue weighted by atomic mass is 16.6. The summed E-state index contributed by atoms with van der Waals surface area (Å²) in [4.78, 5) is 23.2. The van der Waals surface area contributed by atoms with Crippen LogP contribution in [0.15, 0.2) is 48.5 Å². The molecule has 1 heterocycles. The first-order chi connectivity index (χ1) is 11.6. The lowest BCUT2D eigenvalue weighted by Gasteiger charge is -2.28. The molecule has 0 spiro atoms. The monoisotopic (exact) mass is 327 g/mol. The zero-order valence-corrected chi connectivity index (χ0v) is 13.2. The van der Waals surface area contributed by atoms with Gasteiger partial charge >= 0.3 is 5.97 Å². The molecule has 6 heteroatoms. The van der Waals surface area contributed by atoms with Crippen molar-refractivity contribution >= 4 is 5.97 Å². The third-order valence-electron chi connectivity index (χ3n) is 4.30. The zero-order chi connectivity index (χ0) is 17.1. The van der Waals surface area contributed by atoms with E-state index in [2.05, 4.69) is 0 Å². The maximum atomic E-state index is 12.4. The van der Waals surface area contributed by atoms with Crippen LogP contribution >= 0.6 is 0 Å². The minimum absolute atomic E-state index is 0.325. The van der Waals surface area contributed by atoms with Crippen LogP contribution < -0.4 is 9.47 Å². The van der Waals surface area contributed by atoms with Crippen molar-refractivity contribution < 1.29 is 19.2 Å². The summed E-state index contributed by atoms with van der Waals surface area (Å²) >= 11 is 0. The van der Waals surface area contributed by atoms with Crippen molar-refractivity contribution in [2.75, 3.05) is 13.7 Å². The minimum Gasteiger partial charge on any atom is -0.497 e. The van der Waals surface area contributed by atoms with E-state index in [0.717, 1.165) is 11.1 Å². The fourth-order valence-corrected chi connectivity index (χ4v) is 3.06. The van der Waals surface area contributed by atoms with Gasteiger partial charge in [0.15, 0.2) is 0 Å². The van der Waals surface area contributed by atoms with Crippen molar-refractivity contribution in [2.24, 2.45) is 5.92 Å². The molecule has 0 fully saturated rings. The molecule has 124 valence electrons. The number of carbonyl (C=O) groups is 1. The van der Waals surface area contributed by atoms with Gasteiger partial charge in [-0.3, -0.25) is 14.9 Å². The number of nitro groups is 1. The summed E-state index contributed by atoms with van der Waals surface area (Å²) in [5.41, 5.74) is 1.62. The number of hydrogen-bond acceptors (Lipinski definition) is 5. The second kappa shape index (κ2) is 6.70. The van der Waals surface area contributed by atoms with Crippen LogP contribution in [-0.4, -0.2) is 24.5 Å². The van der Waals surface area contributed by atoms with E-state index in [4.69, 9.17) is 9.47 Å². The smallest absolute Gasteiger partial charge is 0.315 e. The summed E-state index contributed by atoms with van der Waals surface area (Å²) in [7, 11) is 1.55. The predicted octanol–water partition coefficient (Wildman–Crippen LogP) is 2.83. The molecule has 0 bridgehead atoms. The van der Waals surface area contributed by atoms with Crippen LogP contribution in [-0.2, 0) is 11.2 Å². The van der Waals surface area contributed by atoms with Crippen molar-refractivity contribution in [2.45, 2.75) is 12.3 Å². The molecule has 1 aliphatic heterocycles. The third kappa shape index (κ3) is 3.22. The molecule has 2 aromatic rings. The van der Waals surface area contributed by atoms with E-state index in [1.54, 1.807) is 43.5 Å². The number of hydrogen-bond donors (Lipinski definition) is 0. The first-order valence-electron chi connectivity index (χ1n) is 7.64. The van der Waals surface area contributed by atoms with Crippen LogP contribution in [0.2, 0.25) is 0 Å². The number of methoxy groups -OCH3 is 1. The Balaban J connectivity index is 1.93. The molecule has 24 heavy (non-hydrogen) atoms. The van der Waals surface area contributed by atoms with Crippen molar-refractivity contribution in [3.8, 4) is 11.5 Å². The molecular weight excluding hydrogens is 310 g/mol. The molecule has 0 saturated heterocycles. The lowest BCUT2D eigenvalue weighted by molar-refractivity contribution is -0.484. The van der Waals surface area contributed by atoms with Crippen molar-refractivity contribution in [1.29, 1.82) is 0 Å². The van der Waals surface area contributed by atoms with E-state index >= 15 is 0 Å². The number of carbonyl (C=O) groups excluding carboxylic acids is 1. The summed E-state index contributed by atoms with van der Waals surface area (Å²) in [5, 5.41) is 11.1. The highest BCUT2D eigenvalue weighted by Gasteiger charge is 2.38. The number of fused-ring (bicyclic) bond motifs is 1. The van der Waals surface area contributed by atoms with Gasteiger partial charge < -0.3 is 9.47 Å². The van der Waals surface area contributed by atoms with E-state index in [1.807, 2.05) is 12.1 Å². The van der Waals surface area contributed by atoms with Crippen LogP contribution in [0.25, 0.3) is 0 Å². The number of benzene rings is 2. The molecule has 0 N–H and O–H groups in total. The Kier molecular flexibility index (Phi) is 4.46. The molecule has 0 aromatic heterocycles. The van der Waals surface area contributed by atoms with Gasteiger partial charge in [0.25, 0.3) is 0 Å². The molecule has 0 radical (unpaired) electrons. The second-order valence-electron chi connectivity index (χ2n) is 5.73. The normalized spacial score (nSPS) is 17.5.